The number of carbonyl (C=O) groups is 1. The van der Waals surface area contributed by atoms with Crippen LogP contribution in [-0.2, 0) is 11.3 Å². The van der Waals surface area contributed by atoms with Gasteiger partial charge in [0.05, 0.1) is 12.6 Å². The fourth-order valence-corrected chi connectivity index (χ4v) is 2.12. The first kappa shape index (κ1) is 11.8. The van der Waals surface area contributed by atoms with E-state index in [0.717, 1.165) is 25.7 Å². The second-order valence-electron chi connectivity index (χ2n) is 4.27. The molecule has 1 aliphatic rings. The first-order valence-corrected chi connectivity index (χ1v) is 5.60. The standard InChI is InChI=1S/C11H14N2O4/c14-8-9-2-1-5-12(6-9)7-10-3-4-11(17-10)13(15)16/h3-4,8-9H,1-2,5-7H2. The van der Waals surface area contributed by atoms with Crippen LogP contribution < -0.4 is 0 Å². The average molecular weight is 238 g/mol. The van der Waals surface area contributed by atoms with E-state index in [-0.39, 0.29) is 11.8 Å². The normalized spacial score (nSPS) is 21.3. The third-order valence-corrected chi connectivity index (χ3v) is 2.94. The van der Waals surface area contributed by atoms with Crippen molar-refractivity contribution in [3.8, 4) is 0 Å². The minimum atomic E-state index is -0.548. The Morgan fingerprint density at radius 3 is 3.06 bits per heavy atom. The van der Waals surface area contributed by atoms with Crippen molar-refractivity contribution in [2.45, 2.75) is 19.4 Å². The lowest BCUT2D eigenvalue weighted by Gasteiger charge is -2.29. The highest BCUT2D eigenvalue weighted by molar-refractivity contribution is 5.53. The van der Waals surface area contributed by atoms with Crippen LogP contribution in [0.3, 0.4) is 0 Å². The van der Waals surface area contributed by atoms with Crippen LogP contribution >= 0.6 is 0 Å². The first-order chi connectivity index (χ1) is 8.19. The molecule has 0 radical (unpaired) electrons. The quantitative estimate of drug-likeness (QED) is 0.452. The predicted octanol–water partition coefficient (Wildman–Crippen LogP) is 1.60. The molecule has 1 saturated heterocycles. The third-order valence-electron chi connectivity index (χ3n) is 2.94. The summed E-state index contributed by atoms with van der Waals surface area (Å²) in [5, 5.41) is 10.5. The number of piperidine rings is 1. The van der Waals surface area contributed by atoms with Gasteiger partial charge in [-0.1, -0.05) is 0 Å². The SMILES string of the molecule is O=CC1CCCN(Cc2ccc([N+](=O)[O-])o2)C1. The number of hydrogen-bond donors (Lipinski definition) is 0. The van der Waals surface area contributed by atoms with E-state index >= 15 is 0 Å². The van der Waals surface area contributed by atoms with Gasteiger partial charge in [-0.15, -0.1) is 0 Å². The lowest BCUT2D eigenvalue weighted by Crippen LogP contribution is -2.35. The summed E-state index contributed by atoms with van der Waals surface area (Å²) in [5.74, 6) is 0.417. The molecule has 1 aromatic heterocycles. The van der Waals surface area contributed by atoms with Crippen molar-refractivity contribution in [3.63, 3.8) is 0 Å². The molecule has 0 bridgehead atoms. The Kier molecular flexibility index (Phi) is 3.53. The molecule has 0 amide bonds. The molecule has 0 spiro atoms. The molecule has 1 aliphatic heterocycles. The fourth-order valence-electron chi connectivity index (χ4n) is 2.12. The molecule has 0 aromatic carbocycles. The molecule has 17 heavy (non-hydrogen) atoms. The van der Waals surface area contributed by atoms with Crippen LogP contribution in [0, 0.1) is 16.0 Å². The Bertz CT molecular complexity index is 415. The third kappa shape index (κ3) is 2.91. The molecule has 2 rings (SSSR count). The Balaban J connectivity index is 1.95. The second-order valence-corrected chi connectivity index (χ2v) is 4.27. The van der Waals surface area contributed by atoms with E-state index in [2.05, 4.69) is 4.90 Å². The van der Waals surface area contributed by atoms with E-state index in [1.807, 2.05) is 0 Å². The topological polar surface area (TPSA) is 76.6 Å². The number of nitrogens with zero attached hydrogens (tertiary/aromatic N) is 2. The van der Waals surface area contributed by atoms with Gasteiger partial charge in [0, 0.05) is 12.5 Å². The van der Waals surface area contributed by atoms with Gasteiger partial charge in [-0.25, -0.2) is 0 Å². The highest BCUT2D eigenvalue weighted by atomic mass is 16.6. The largest absolute Gasteiger partial charge is 0.433 e. The van der Waals surface area contributed by atoms with E-state index in [4.69, 9.17) is 4.42 Å². The van der Waals surface area contributed by atoms with Crippen molar-refractivity contribution in [1.82, 2.24) is 4.90 Å². The van der Waals surface area contributed by atoms with Crippen molar-refractivity contribution in [3.05, 3.63) is 28.0 Å². The van der Waals surface area contributed by atoms with Gasteiger partial charge in [-0.3, -0.25) is 15.0 Å². The number of furan rings is 1. The summed E-state index contributed by atoms with van der Waals surface area (Å²) in [4.78, 5) is 22.7. The molecule has 1 aromatic rings. The van der Waals surface area contributed by atoms with Gasteiger partial charge >= 0.3 is 5.88 Å². The van der Waals surface area contributed by atoms with Gasteiger partial charge < -0.3 is 9.21 Å². The maximum atomic E-state index is 10.7. The Hall–Kier alpha value is -1.69. The zero-order chi connectivity index (χ0) is 12.3. The van der Waals surface area contributed by atoms with Gasteiger partial charge in [0.2, 0.25) is 0 Å². The average Bonchev–Trinajstić information content (AvgIpc) is 2.78. The van der Waals surface area contributed by atoms with Crippen LogP contribution in [0.15, 0.2) is 16.5 Å². The molecule has 1 atom stereocenters. The molecule has 92 valence electrons. The summed E-state index contributed by atoms with van der Waals surface area (Å²) in [7, 11) is 0. The van der Waals surface area contributed by atoms with E-state index in [9.17, 15) is 14.9 Å². The van der Waals surface area contributed by atoms with Crippen LogP contribution in [0.4, 0.5) is 5.88 Å². The summed E-state index contributed by atoms with van der Waals surface area (Å²) in [6, 6.07) is 2.97. The minimum Gasteiger partial charge on any atom is -0.404 e. The Morgan fingerprint density at radius 2 is 2.41 bits per heavy atom. The van der Waals surface area contributed by atoms with Crippen LogP contribution in [0.5, 0.6) is 0 Å². The Morgan fingerprint density at radius 1 is 1.59 bits per heavy atom. The van der Waals surface area contributed by atoms with Gasteiger partial charge in [0.25, 0.3) is 0 Å². The molecule has 2 heterocycles. The number of carbonyl (C=O) groups excluding carboxylic acids is 1. The summed E-state index contributed by atoms with van der Waals surface area (Å²) >= 11 is 0. The van der Waals surface area contributed by atoms with E-state index in [0.29, 0.717) is 18.8 Å². The molecule has 1 fully saturated rings. The van der Waals surface area contributed by atoms with Gasteiger partial charge in [0.15, 0.2) is 0 Å². The lowest BCUT2D eigenvalue weighted by atomic mass is 10.00. The molecule has 6 nitrogen and oxygen atoms in total. The van der Waals surface area contributed by atoms with Crippen LogP contribution in [0.25, 0.3) is 0 Å². The van der Waals surface area contributed by atoms with E-state index in [1.54, 1.807) is 6.07 Å². The number of rotatable bonds is 4. The lowest BCUT2D eigenvalue weighted by molar-refractivity contribution is -0.402. The molecule has 0 aliphatic carbocycles. The first-order valence-electron chi connectivity index (χ1n) is 5.60. The number of aldehydes is 1. The van der Waals surface area contributed by atoms with Crippen LogP contribution in [0.1, 0.15) is 18.6 Å². The monoisotopic (exact) mass is 238 g/mol. The van der Waals surface area contributed by atoms with Crippen LogP contribution in [0.2, 0.25) is 0 Å². The van der Waals surface area contributed by atoms with Gasteiger partial charge in [-0.05, 0) is 25.5 Å². The highest BCUT2D eigenvalue weighted by Gasteiger charge is 2.21. The van der Waals surface area contributed by atoms with Crippen molar-refractivity contribution < 1.29 is 14.1 Å². The summed E-state index contributed by atoms with van der Waals surface area (Å²) < 4.78 is 5.09. The fraction of sp³-hybridized carbons (Fsp3) is 0.545. The number of nitro groups is 1. The van der Waals surface area contributed by atoms with Crippen molar-refractivity contribution >= 4 is 12.2 Å². The van der Waals surface area contributed by atoms with E-state index < -0.39 is 4.92 Å². The van der Waals surface area contributed by atoms with Crippen molar-refractivity contribution in [2.24, 2.45) is 5.92 Å². The Labute approximate surface area is 98.3 Å². The zero-order valence-corrected chi connectivity index (χ0v) is 9.37. The van der Waals surface area contributed by atoms with Gasteiger partial charge in [-0.2, -0.15) is 0 Å². The maximum absolute atomic E-state index is 10.7. The van der Waals surface area contributed by atoms with Crippen molar-refractivity contribution in [2.75, 3.05) is 13.1 Å². The molecule has 0 N–H and O–H groups in total. The van der Waals surface area contributed by atoms with Gasteiger partial charge in [0.1, 0.15) is 17.0 Å². The smallest absolute Gasteiger partial charge is 0.404 e. The molecular formula is C11H14N2O4. The minimum absolute atomic E-state index is 0.0775. The second kappa shape index (κ2) is 5.09. The summed E-state index contributed by atoms with van der Waals surface area (Å²) in [5.41, 5.74) is 0. The number of likely N-dealkylation sites (tertiary alicyclic amines) is 1. The predicted molar refractivity (Wildman–Crippen MR) is 59.4 cm³/mol. The summed E-state index contributed by atoms with van der Waals surface area (Å²) in [6.45, 7) is 2.13. The zero-order valence-electron chi connectivity index (χ0n) is 9.37. The molecule has 0 saturated carbocycles. The van der Waals surface area contributed by atoms with Crippen molar-refractivity contribution in [1.29, 1.82) is 0 Å². The maximum Gasteiger partial charge on any atom is 0.433 e. The molecule has 6 heteroatoms. The molecular weight excluding hydrogens is 224 g/mol. The molecule has 1 unspecified atom stereocenters. The van der Waals surface area contributed by atoms with Crippen LogP contribution in [-0.4, -0.2) is 29.2 Å². The van der Waals surface area contributed by atoms with E-state index in [1.165, 1.54) is 6.07 Å². The highest BCUT2D eigenvalue weighted by Crippen LogP contribution is 2.20. The number of hydrogen-bond acceptors (Lipinski definition) is 5. The summed E-state index contributed by atoms with van der Waals surface area (Å²) in [6.07, 6.45) is 2.89.